The molecule has 0 bridgehead atoms. The van der Waals surface area contributed by atoms with Crippen LogP contribution in [0, 0.1) is 0 Å². The lowest BCUT2D eigenvalue weighted by Crippen LogP contribution is -2.45. The van der Waals surface area contributed by atoms with Crippen molar-refractivity contribution in [1.82, 2.24) is 10.2 Å². The summed E-state index contributed by atoms with van der Waals surface area (Å²) in [4.78, 5) is 14.1. The molecule has 1 saturated heterocycles. The summed E-state index contributed by atoms with van der Waals surface area (Å²) in [5.41, 5.74) is -0.00911. The molecule has 0 aliphatic carbocycles. The molecule has 0 aromatic heterocycles. The fourth-order valence-electron chi connectivity index (χ4n) is 2.61. The number of benzene rings is 1. The van der Waals surface area contributed by atoms with E-state index in [9.17, 15) is 15.0 Å². The van der Waals surface area contributed by atoms with E-state index in [-0.39, 0.29) is 23.0 Å². The molecule has 0 saturated carbocycles. The van der Waals surface area contributed by atoms with Gasteiger partial charge < -0.3 is 20.4 Å². The highest BCUT2D eigenvalue weighted by atomic mass is 16.3. The third-order valence-corrected chi connectivity index (χ3v) is 3.76. The summed E-state index contributed by atoms with van der Waals surface area (Å²) in [5.74, 6) is -0.675. The molecule has 1 fully saturated rings. The fraction of sp³-hybridized carbons (Fsp3) is 0.533. The Hall–Kier alpha value is -1.75. The maximum Gasteiger partial charge on any atom is 0.261 e. The Morgan fingerprint density at radius 3 is 2.60 bits per heavy atom. The zero-order valence-corrected chi connectivity index (χ0v) is 11.8. The molecule has 0 spiro atoms. The molecule has 20 heavy (non-hydrogen) atoms. The monoisotopic (exact) mass is 278 g/mol. The summed E-state index contributed by atoms with van der Waals surface area (Å²) in [6, 6.07) is 4.64. The van der Waals surface area contributed by atoms with Gasteiger partial charge in [0.15, 0.2) is 0 Å². The van der Waals surface area contributed by atoms with Crippen LogP contribution in [0.5, 0.6) is 11.5 Å². The second-order valence-corrected chi connectivity index (χ2v) is 5.16. The van der Waals surface area contributed by atoms with Gasteiger partial charge in [-0.05, 0) is 38.4 Å². The zero-order valence-electron chi connectivity index (χ0n) is 11.8. The minimum absolute atomic E-state index is 0.00911. The molecule has 1 aliphatic rings. The maximum absolute atomic E-state index is 12.5. The maximum atomic E-state index is 12.5. The first kappa shape index (κ1) is 14.7. The van der Waals surface area contributed by atoms with E-state index in [1.165, 1.54) is 31.0 Å². The van der Waals surface area contributed by atoms with Crippen LogP contribution in [-0.2, 0) is 0 Å². The van der Waals surface area contributed by atoms with Crippen molar-refractivity contribution in [1.29, 1.82) is 0 Å². The van der Waals surface area contributed by atoms with Crippen LogP contribution in [0.25, 0.3) is 0 Å². The molecule has 1 atom stereocenters. The predicted molar refractivity (Wildman–Crippen MR) is 77.0 cm³/mol. The number of carbonyl (C=O) groups is 1. The second-order valence-electron chi connectivity index (χ2n) is 5.16. The van der Waals surface area contributed by atoms with Gasteiger partial charge in [0.2, 0.25) is 0 Å². The topological polar surface area (TPSA) is 72.8 Å². The van der Waals surface area contributed by atoms with Crippen molar-refractivity contribution in [3.05, 3.63) is 23.8 Å². The van der Waals surface area contributed by atoms with Crippen LogP contribution in [0.4, 0.5) is 0 Å². The summed E-state index contributed by atoms with van der Waals surface area (Å²) >= 11 is 0. The van der Waals surface area contributed by atoms with Crippen LogP contribution in [0.1, 0.15) is 36.5 Å². The van der Waals surface area contributed by atoms with E-state index in [0.29, 0.717) is 19.1 Å². The molecule has 1 unspecified atom stereocenters. The van der Waals surface area contributed by atoms with Crippen molar-refractivity contribution in [3.8, 4) is 11.5 Å². The van der Waals surface area contributed by atoms with Gasteiger partial charge in [0.1, 0.15) is 17.1 Å². The molecule has 1 aliphatic heterocycles. The standard InChI is InChI=1S/C15H22N2O3/c1-2-17(10-11-6-3-4-9-16-11)15(20)14-12(18)7-5-8-13(14)19/h5,7-8,11,16,18-19H,2-4,6,9-10H2,1H3. The highest BCUT2D eigenvalue weighted by Gasteiger charge is 2.24. The van der Waals surface area contributed by atoms with E-state index in [2.05, 4.69) is 5.32 Å². The number of nitrogens with one attached hydrogen (secondary N) is 1. The summed E-state index contributed by atoms with van der Waals surface area (Å²) in [6.07, 6.45) is 3.40. The third-order valence-electron chi connectivity index (χ3n) is 3.76. The summed E-state index contributed by atoms with van der Waals surface area (Å²) in [7, 11) is 0. The molecule has 0 radical (unpaired) electrons. The number of phenols is 2. The van der Waals surface area contributed by atoms with Gasteiger partial charge in [-0.15, -0.1) is 0 Å². The molecule has 1 aromatic rings. The molecule has 5 nitrogen and oxygen atoms in total. The molecule has 3 N–H and O–H groups in total. The Kier molecular flexibility index (Phi) is 4.84. The van der Waals surface area contributed by atoms with Gasteiger partial charge in [0.25, 0.3) is 5.91 Å². The number of hydrogen-bond donors (Lipinski definition) is 3. The molecule has 2 rings (SSSR count). The van der Waals surface area contributed by atoms with Crippen LogP contribution in [0.15, 0.2) is 18.2 Å². The quantitative estimate of drug-likeness (QED) is 0.784. The van der Waals surface area contributed by atoms with E-state index in [0.717, 1.165) is 13.0 Å². The number of likely N-dealkylation sites (N-methyl/N-ethyl adjacent to an activating group) is 1. The Labute approximate surface area is 119 Å². The van der Waals surface area contributed by atoms with Crippen molar-refractivity contribution >= 4 is 5.91 Å². The molecular formula is C15H22N2O3. The van der Waals surface area contributed by atoms with E-state index >= 15 is 0 Å². The van der Waals surface area contributed by atoms with Crippen LogP contribution in [-0.4, -0.2) is 46.7 Å². The van der Waals surface area contributed by atoms with Gasteiger partial charge in [-0.25, -0.2) is 0 Å². The minimum atomic E-state index is -0.324. The van der Waals surface area contributed by atoms with Crippen LogP contribution in [0.2, 0.25) is 0 Å². The number of rotatable bonds is 4. The Balaban J connectivity index is 2.12. The molecule has 1 amide bonds. The number of phenolic OH excluding ortho intramolecular Hbond substituents is 2. The Morgan fingerprint density at radius 2 is 2.05 bits per heavy atom. The van der Waals surface area contributed by atoms with Gasteiger partial charge >= 0.3 is 0 Å². The van der Waals surface area contributed by atoms with Crippen molar-refractivity contribution in [2.24, 2.45) is 0 Å². The highest BCUT2D eigenvalue weighted by molar-refractivity contribution is 5.99. The van der Waals surface area contributed by atoms with Gasteiger partial charge in [0.05, 0.1) is 0 Å². The van der Waals surface area contributed by atoms with Crippen LogP contribution < -0.4 is 5.32 Å². The van der Waals surface area contributed by atoms with Gasteiger partial charge in [-0.3, -0.25) is 4.79 Å². The summed E-state index contributed by atoms with van der Waals surface area (Å²) < 4.78 is 0. The zero-order chi connectivity index (χ0) is 14.5. The number of piperidine rings is 1. The number of amides is 1. The minimum Gasteiger partial charge on any atom is -0.507 e. The second kappa shape index (κ2) is 6.61. The lowest BCUT2D eigenvalue weighted by atomic mass is 10.0. The highest BCUT2D eigenvalue weighted by Crippen LogP contribution is 2.27. The lowest BCUT2D eigenvalue weighted by Gasteiger charge is -2.30. The lowest BCUT2D eigenvalue weighted by molar-refractivity contribution is 0.0735. The van der Waals surface area contributed by atoms with Crippen molar-refractivity contribution in [3.63, 3.8) is 0 Å². The van der Waals surface area contributed by atoms with Crippen molar-refractivity contribution in [2.45, 2.75) is 32.2 Å². The van der Waals surface area contributed by atoms with Crippen LogP contribution >= 0.6 is 0 Å². The van der Waals surface area contributed by atoms with Gasteiger partial charge in [-0.2, -0.15) is 0 Å². The number of nitrogens with zero attached hydrogens (tertiary/aromatic N) is 1. The van der Waals surface area contributed by atoms with Crippen molar-refractivity contribution < 1.29 is 15.0 Å². The summed E-state index contributed by atoms with van der Waals surface area (Å²) in [5, 5.41) is 23.0. The Morgan fingerprint density at radius 1 is 1.35 bits per heavy atom. The van der Waals surface area contributed by atoms with E-state index in [4.69, 9.17) is 0 Å². The third kappa shape index (κ3) is 3.22. The molecule has 110 valence electrons. The number of hydrogen-bond acceptors (Lipinski definition) is 4. The largest absolute Gasteiger partial charge is 0.507 e. The van der Waals surface area contributed by atoms with Crippen molar-refractivity contribution in [2.75, 3.05) is 19.6 Å². The normalized spacial score (nSPS) is 18.8. The number of carbonyl (C=O) groups excluding carboxylic acids is 1. The van der Waals surface area contributed by atoms with E-state index in [1.807, 2.05) is 6.92 Å². The fourth-order valence-corrected chi connectivity index (χ4v) is 2.61. The Bertz CT molecular complexity index is 450. The van der Waals surface area contributed by atoms with Gasteiger partial charge in [-0.1, -0.05) is 12.5 Å². The average Bonchev–Trinajstić information content (AvgIpc) is 2.45. The van der Waals surface area contributed by atoms with E-state index in [1.54, 1.807) is 4.90 Å². The summed E-state index contributed by atoms with van der Waals surface area (Å²) in [6.45, 7) is 4.03. The van der Waals surface area contributed by atoms with E-state index < -0.39 is 0 Å². The molecule has 1 aromatic carbocycles. The van der Waals surface area contributed by atoms with Crippen LogP contribution in [0.3, 0.4) is 0 Å². The first-order chi connectivity index (χ1) is 9.63. The SMILES string of the molecule is CCN(CC1CCCCN1)C(=O)c1c(O)cccc1O. The average molecular weight is 278 g/mol. The smallest absolute Gasteiger partial charge is 0.261 e. The molecule has 1 heterocycles. The first-order valence-electron chi connectivity index (χ1n) is 7.17. The predicted octanol–water partition coefficient (Wildman–Crippen LogP) is 1.70. The molecule has 5 heteroatoms. The first-order valence-corrected chi connectivity index (χ1v) is 7.17. The number of aromatic hydroxyl groups is 2. The molecular weight excluding hydrogens is 256 g/mol. The van der Waals surface area contributed by atoms with Gasteiger partial charge in [0, 0.05) is 19.1 Å².